The lowest BCUT2D eigenvalue weighted by Gasteiger charge is -2.61. The summed E-state index contributed by atoms with van der Waals surface area (Å²) in [7, 11) is 0. The highest BCUT2D eigenvalue weighted by Gasteiger charge is 2.55. The molecule has 2 rings (SSSR count). The van der Waals surface area contributed by atoms with E-state index in [9.17, 15) is 19.8 Å². The second-order valence-electron chi connectivity index (χ2n) is 15.5. The first-order valence-corrected chi connectivity index (χ1v) is 15.8. The van der Waals surface area contributed by atoms with E-state index in [0.29, 0.717) is 0 Å². The van der Waals surface area contributed by atoms with Gasteiger partial charge in [-0.25, -0.2) is 0 Å². The molecule has 0 aromatic heterocycles. The van der Waals surface area contributed by atoms with Gasteiger partial charge in [0.05, 0.1) is 0 Å². The van der Waals surface area contributed by atoms with E-state index in [1.807, 2.05) is 0 Å². The number of unbranched alkanes of at least 4 members (excludes halogenated alkanes) is 2. The van der Waals surface area contributed by atoms with Crippen molar-refractivity contribution in [1.29, 1.82) is 0 Å². The largest absolute Gasteiger partial charge is 0.480 e. The molecule has 6 nitrogen and oxygen atoms in total. The van der Waals surface area contributed by atoms with Crippen LogP contribution < -0.4 is 0 Å². The molecule has 2 heterocycles. The third kappa shape index (κ3) is 7.20. The third-order valence-corrected chi connectivity index (χ3v) is 10.7. The predicted molar refractivity (Wildman–Crippen MR) is 161 cm³/mol. The summed E-state index contributed by atoms with van der Waals surface area (Å²) in [5.41, 5.74) is -1.88. The summed E-state index contributed by atoms with van der Waals surface area (Å²) in [6, 6.07) is 0. The predicted octanol–water partition coefficient (Wildman–Crippen LogP) is 7.70. The van der Waals surface area contributed by atoms with Gasteiger partial charge in [0.2, 0.25) is 0 Å². The Morgan fingerprint density at radius 1 is 0.692 bits per heavy atom. The number of rotatable bonds is 13. The average Bonchev–Trinajstić information content (AvgIpc) is 2.76. The number of piperidine rings is 2. The molecule has 2 fully saturated rings. The zero-order valence-electron chi connectivity index (χ0n) is 27.3. The standard InChI is InChI=1S/C33H62N2O4/c1-12-15-17-34-29(4,5)19-24(20-30(34,6)7)26(23-33(14-3,27(36)37)28(38)39)25-21-31(8,9)35(18-16-13-2)32(10,11)22-25/h24-26H,12-23H2,1-11H3,(H,36,37)(H,38,39). The molecule has 6 heteroatoms. The number of carboxylic acid groups (broad SMARTS) is 2. The summed E-state index contributed by atoms with van der Waals surface area (Å²) >= 11 is 0. The van der Waals surface area contributed by atoms with Crippen molar-refractivity contribution in [1.82, 2.24) is 9.80 Å². The molecule has 2 N–H and O–H groups in total. The molecule has 0 saturated carbocycles. The number of likely N-dealkylation sites (tertiary alicyclic amines) is 2. The lowest BCUT2D eigenvalue weighted by molar-refractivity contribution is -0.169. The van der Waals surface area contributed by atoms with E-state index < -0.39 is 17.4 Å². The van der Waals surface area contributed by atoms with E-state index in [0.717, 1.165) is 64.5 Å². The van der Waals surface area contributed by atoms with Crippen molar-refractivity contribution in [3.05, 3.63) is 0 Å². The minimum atomic E-state index is -1.74. The van der Waals surface area contributed by atoms with Gasteiger partial charge in [0.15, 0.2) is 5.41 Å². The van der Waals surface area contributed by atoms with Crippen LogP contribution in [0.1, 0.15) is 140 Å². The third-order valence-electron chi connectivity index (χ3n) is 10.7. The van der Waals surface area contributed by atoms with Gasteiger partial charge in [0.1, 0.15) is 0 Å². The van der Waals surface area contributed by atoms with Crippen LogP contribution in [0.4, 0.5) is 0 Å². The zero-order chi connectivity index (χ0) is 30.0. The zero-order valence-corrected chi connectivity index (χ0v) is 27.3. The molecule has 0 radical (unpaired) electrons. The number of aliphatic carboxylic acids is 2. The number of carboxylic acids is 2. The molecule has 0 aliphatic carbocycles. The van der Waals surface area contributed by atoms with Crippen molar-refractivity contribution in [2.45, 2.75) is 163 Å². The first-order valence-electron chi connectivity index (χ1n) is 15.8. The number of hydrogen-bond acceptors (Lipinski definition) is 4. The summed E-state index contributed by atoms with van der Waals surface area (Å²) in [6.45, 7) is 27.1. The maximum absolute atomic E-state index is 12.6. The topological polar surface area (TPSA) is 81.1 Å². The van der Waals surface area contributed by atoms with Gasteiger partial charge < -0.3 is 10.2 Å². The van der Waals surface area contributed by atoms with Gasteiger partial charge in [0.25, 0.3) is 0 Å². The van der Waals surface area contributed by atoms with Gasteiger partial charge >= 0.3 is 11.9 Å². The molecule has 2 saturated heterocycles. The van der Waals surface area contributed by atoms with Gasteiger partial charge in [-0.1, -0.05) is 33.6 Å². The van der Waals surface area contributed by atoms with Gasteiger partial charge in [-0.15, -0.1) is 0 Å². The minimum absolute atomic E-state index is 0.0337. The average molecular weight is 551 g/mol. The van der Waals surface area contributed by atoms with Gasteiger partial charge in [-0.05, 0) is 138 Å². The van der Waals surface area contributed by atoms with E-state index in [1.54, 1.807) is 6.92 Å². The highest BCUT2D eigenvalue weighted by Crippen LogP contribution is 2.54. The lowest BCUT2D eigenvalue weighted by Crippen LogP contribution is -2.64. The highest BCUT2D eigenvalue weighted by molar-refractivity contribution is 5.98. The molecule has 0 spiro atoms. The Kier molecular flexibility index (Phi) is 10.8. The number of hydrogen-bond donors (Lipinski definition) is 2. The molecule has 2 aliphatic heterocycles. The smallest absolute Gasteiger partial charge is 0.321 e. The van der Waals surface area contributed by atoms with Crippen LogP contribution in [0.3, 0.4) is 0 Å². The highest BCUT2D eigenvalue weighted by atomic mass is 16.4. The van der Waals surface area contributed by atoms with E-state index >= 15 is 0 Å². The second-order valence-corrected chi connectivity index (χ2v) is 15.5. The Hall–Kier alpha value is -1.14. The van der Waals surface area contributed by atoms with Crippen molar-refractivity contribution >= 4 is 11.9 Å². The molecular formula is C33H62N2O4. The summed E-state index contributed by atoms with van der Waals surface area (Å²) in [5, 5.41) is 20.7. The normalized spacial score (nSPS) is 24.2. The van der Waals surface area contributed by atoms with Crippen molar-refractivity contribution in [3.63, 3.8) is 0 Å². The molecule has 0 aromatic rings. The number of nitrogens with zero attached hydrogens (tertiary/aromatic N) is 2. The molecule has 2 aliphatic rings. The van der Waals surface area contributed by atoms with Crippen LogP contribution in [0.25, 0.3) is 0 Å². The Balaban J connectivity index is 2.59. The van der Waals surface area contributed by atoms with Gasteiger partial charge in [-0.2, -0.15) is 0 Å². The molecular weight excluding hydrogens is 488 g/mol. The molecule has 0 aromatic carbocycles. The first-order chi connectivity index (χ1) is 17.8. The lowest BCUT2D eigenvalue weighted by atomic mass is 9.57. The fourth-order valence-electron chi connectivity index (χ4n) is 9.07. The van der Waals surface area contributed by atoms with Crippen molar-refractivity contribution in [2.24, 2.45) is 23.2 Å². The summed E-state index contributed by atoms with van der Waals surface area (Å²) < 4.78 is 0. The Morgan fingerprint density at radius 3 is 1.23 bits per heavy atom. The van der Waals surface area contributed by atoms with Crippen LogP contribution in [0.5, 0.6) is 0 Å². The fraction of sp³-hybridized carbons (Fsp3) is 0.939. The monoisotopic (exact) mass is 550 g/mol. The molecule has 0 unspecified atom stereocenters. The Labute approximate surface area is 240 Å². The van der Waals surface area contributed by atoms with Crippen LogP contribution in [-0.4, -0.2) is 67.2 Å². The fourth-order valence-corrected chi connectivity index (χ4v) is 9.07. The maximum Gasteiger partial charge on any atom is 0.321 e. The number of carbonyl (C=O) groups is 2. The van der Waals surface area contributed by atoms with Crippen LogP contribution in [0, 0.1) is 23.2 Å². The molecule has 228 valence electrons. The first kappa shape index (κ1) is 34.1. The van der Waals surface area contributed by atoms with Crippen molar-refractivity contribution in [3.8, 4) is 0 Å². The summed E-state index contributed by atoms with van der Waals surface area (Å²) in [4.78, 5) is 30.6. The van der Waals surface area contributed by atoms with E-state index in [4.69, 9.17) is 0 Å². The molecule has 0 bridgehead atoms. The van der Waals surface area contributed by atoms with E-state index in [-0.39, 0.29) is 52.8 Å². The summed E-state index contributed by atoms with van der Waals surface area (Å²) in [5.74, 6) is -1.77. The van der Waals surface area contributed by atoms with Crippen LogP contribution in [0.15, 0.2) is 0 Å². The summed E-state index contributed by atoms with van der Waals surface area (Å²) in [6.07, 6.45) is 8.86. The maximum atomic E-state index is 12.6. The van der Waals surface area contributed by atoms with Crippen LogP contribution in [0.2, 0.25) is 0 Å². The van der Waals surface area contributed by atoms with Crippen LogP contribution >= 0.6 is 0 Å². The second kappa shape index (κ2) is 12.4. The Bertz CT molecular complexity index is 749. The van der Waals surface area contributed by atoms with Crippen molar-refractivity contribution in [2.75, 3.05) is 13.1 Å². The molecule has 0 amide bonds. The molecule has 0 atom stereocenters. The minimum Gasteiger partial charge on any atom is -0.480 e. The van der Waals surface area contributed by atoms with Crippen LogP contribution in [-0.2, 0) is 9.59 Å². The SMILES string of the molecule is CCCCN1C(C)(C)CC(C(CC(CC)(C(=O)O)C(=O)O)C2CC(C)(C)N(CCCC)C(C)(C)C2)CC1(C)C. The van der Waals surface area contributed by atoms with E-state index in [2.05, 4.69) is 79.0 Å². The van der Waals surface area contributed by atoms with Crippen molar-refractivity contribution < 1.29 is 19.8 Å². The van der Waals surface area contributed by atoms with Gasteiger partial charge in [-0.3, -0.25) is 19.4 Å². The molecule has 39 heavy (non-hydrogen) atoms. The van der Waals surface area contributed by atoms with E-state index in [1.165, 1.54) is 0 Å². The quantitative estimate of drug-likeness (QED) is 0.229. The van der Waals surface area contributed by atoms with Gasteiger partial charge in [0, 0.05) is 22.2 Å². The Morgan fingerprint density at radius 2 is 1.00 bits per heavy atom.